The maximum Gasteiger partial charge on any atom is 0.342 e. The largest absolute Gasteiger partial charge is 0.478 e. The second kappa shape index (κ2) is 9.36. The summed E-state index contributed by atoms with van der Waals surface area (Å²) in [5.41, 5.74) is -3.20. The Kier molecular flexibility index (Phi) is 7.22. The van der Waals surface area contributed by atoms with E-state index >= 15 is 0 Å². The third kappa shape index (κ3) is 5.56. The van der Waals surface area contributed by atoms with Crippen molar-refractivity contribution in [1.82, 2.24) is 0 Å². The summed E-state index contributed by atoms with van der Waals surface area (Å²) in [5, 5.41) is 55.2. The van der Waals surface area contributed by atoms with Crippen LogP contribution in [0.2, 0.25) is 0 Å². The van der Waals surface area contributed by atoms with Crippen LogP contribution in [-0.2, 0) is 0 Å². The molecule has 0 bridgehead atoms. The average Bonchev–Trinajstić information content (AvgIpc) is 2.67. The number of benzene rings is 2. The zero-order valence-electron chi connectivity index (χ0n) is 14.4. The number of nitro groups is 2. The topological polar surface area (TPSA) is 235 Å². The standard InChI is InChI=1S/2C8H5NO6/c2*10-7(11)4-1-2-5(8(12)13)6(3-4)9(14)15/h2*1-3H,(H,10,11)(H,12,13). The van der Waals surface area contributed by atoms with Gasteiger partial charge in [-0.25, -0.2) is 19.2 Å². The molecule has 30 heavy (non-hydrogen) atoms. The first-order valence-corrected chi connectivity index (χ1v) is 7.36. The lowest BCUT2D eigenvalue weighted by atomic mass is 10.1. The first kappa shape index (κ1) is 23.2. The first-order chi connectivity index (χ1) is 13.9. The van der Waals surface area contributed by atoms with Gasteiger partial charge in [0.25, 0.3) is 11.4 Å². The van der Waals surface area contributed by atoms with Gasteiger partial charge in [-0.05, 0) is 24.3 Å². The van der Waals surface area contributed by atoms with E-state index in [2.05, 4.69) is 0 Å². The van der Waals surface area contributed by atoms with Crippen molar-refractivity contribution in [2.45, 2.75) is 0 Å². The fourth-order valence-electron chi connectivity index (χ4n) is 1.99. The van der Waals surface area contributed by atoms with Gasteiger partial charge < -0.3 is 20.4 Å². The summed E-state index contributed by atoms with van der Waals surface area (Å²) in [6, 6.07) is 5.21. The van der Waals surface area contributed by atoms with Crippen LogP contribution in [0.3, 0.4) is 0 Å². The van der Waals surface area contributed by atoms with Crippen LogP contribution < -0.4 is 0 Å². The number of carbonyl (C=O) groups is 4. The molecule has 0 aliphatic carbocycles. The highest BCUT2D eigenvalue weighted by Crippen LogP contribution is 2.21. The van der Waals surface area contributed by atoms with Crippen molar-refractivity contribution in [1.29, 1.82) is 0 Å². The average molecular weight is 422 g/mol. The Morgan fingerprint density at radius 2 is 0.900 bits per heavy atom. The van der Waals surface area contributed by atoms with E-state index < -0.39 is 56.2 Å². The zero-order valence-corrected chi connectivity index (χ0v) is 14.4. The molecule has 0 aliphatic heterocycles. The lowest BCUT2D eigenvalue weighted by molar-refractivity contribution is -0.385. The highest BCUT2D eigenvalue weighted by molar-refractivity contribution is 5.96. The van der Waals surface area contributed by atoms with E-state index in [0.717, 1.165) is 24.3 Å². The number of rotatable bonds is 6. The van der Waals surface area contributed by atoms with Crippen molar-refractivity contribution < 1.29 is 49.5 Å². The third-order valence-electron chi connectivity index (χ3n) is 3.34. The monoisotopic (exact) mass is 422 g/mol. The Hall–Kier alpha value is -4.88. The molecule has 0 spiro atoms. The Labute approximate surface area is 164 Å². The van der Waals surface area contributed by atoms with Crippen LogP contribution >= 0.6 is 0 Å². The minimum Gasteiger partial charge on any atom is -0.478 e. The van der Waals surface area contributed by atoms with Gasteiger partial charge in [-0.1, -0.05) is 0 Å². The molecule has 156 valence electrons. The van der Waals surface area contributed by atoms with E-state index in [0.29, 0.717) is 12.1 Å². The van der Waals surface area contributed by atoms with Gasteiger partial charge in [-0.15, -0.1) is 0 Å². The van der Waals surface area contributed by atoms with Crippen molar-refractivity contribution in [3.8, 4) is 0 Å². The molecule has 0 heterocycles. The second-order valence-corrected chi connectivity index (χ2v) is 5.20. The van der Waals surface area contributed by atoms with Gasteiger partial charge in [0.1, 0.15) is 11.1 Å². The summed E-state index contributed by atoms with van der Waals surface area (Å²) < 4.78 is 0. The van der Waals surface area contributed by atoms with E-state index in [1.807, 2.05) is 0 Å². The molecular formula is C16H10N2O12. The van der Waals surface area contributed by atoms with Gasteiger partial charge in [0.15, 0.2) is 0 Å². The van der Waals surface area contributed by atoms with Gasteiger partial charge in [0.05, 0.1) is 21.0 Å². The van der Waals surface area contributed by atoms with Crippen molar-refractivity contribution in [2.24, 2.45) is 0 Å². The summed E-state index contributed by atoms with van der Waals surface area (Å²) in [5.74, 6) is -5.65. The number of carboxylic acid groups (broad SMARTS) is 4. The predicted octanol–water partition coefficient (Wildman–Crippen LogP) is 1.98. The maximum absolute atomic E-state index is 10.6. The molecular weight excluding hydrogens is 412 g/mol. The molecule has 0 fully saturated rings. The van der Waals surface area contributed by atoms with Crippen LogP contribution in [0.25, 0.3) is 0 Å². The Morgan fingerprint density at radius 3 is 1.10 bits per heavy atom. The molecule has 14 nitrogen and oxygen atoms in total. The molecule has 14 heteroatoms. The minimum absolute atomic E-state index is 0.327. The lowest BCUT2D eigenvalue weighted by Crippen LogP contribution is -2.05. The van der Waals surface area contributed by atoms with E-state index in [1.165, 1.54) is 0 Å². The summed E-state index contributed by atoms with van der Waals surface area (Å²) in [6.07, 6.45) is 0. The molecule has 0 unspecified atom stereocenters. The number of aromatic carboxylic acids is 4. The summed E-state index contributed by atoms with van der Waals surface area (Å²) in [7, 11) is 0. The SMILES string of the molecule is O=C(O)c1ccc(C(=O)O)c([N+](=O)[O-])c1.O=C(O)c1ccc(C(=O)O)c([N+](=O)[O-])c1. The van der Waals surface area contributed by atoms with Crippen LogP contribution in [0.15, 0.2) is 36.4 Å². The Bertz CT molecular complexity index is 990. The molecule has 0 aliphatic rings. The van der Waals surface area contributed by atoms with Gasteiger partial charge in [-0.2, -0.15) is 0 Å². The Balaban J connectivity index is 0.000000300. The number of hydrogen-bond donors (Lipinski definition) is 4. The van der Waals surface area contributed by atoms with Gasteiger partial charge >= 0.3 is 23.9 Å². The number of nitro benzene ring substituents is 2. The molecule has 0 aromatic heterocycles. The number of carboxylic acids is 4. The molecule has 2 rings (SSSR count). The predicted molar refractivity (Wildman–Crippen MR) is 94.0 cm³/mol. The molecule has 2 aromatic carbocycles. The Morgan fingerprint density at radius 1 is 0.600 bits per heavy atom. The fourth-order valence-corrected chi connectivity index (χ4v) is 1.99. The van der Waals surface area contributed by atoms with E-state index in [4.69, 9.17) is 20.4 Å². The van der Waals surface area contributed by atoms with Crippen molar-refractivity contribution in [3.05, 3.63) is 78.9 Å². The molecule has 2 aromatic rings. The van der Waals surface area contributed by atoms with E-state index in [-0.39, 0.29) is 11.1 Å². The van der Waals surface area contributed by atoms with Gasteiger partial charge in [-0.3, -0.25) is 20.2 Å². The van der Waals surface area contributed by atoms with Gasteiger partial charge in [0.2, 0.25) is 0 Å². The van der Waals surface area contributed by atoms with Crippen LogP contribution in [0.1, 0.15) is 41.4 Å². The van der Waals surface area contributed by atoms with E-state index in [1.54, 1.807) is 0 Å². The quantitative estimate of drug-likeness (QED) is 0.386. The molecule has 0 saturated heterocycles. The fraction of sp³-hybridized carbons (Fsp3) is 0. The molecule has 4 N–H and O–H groups in total. The van der Waals surface area contributed by atoms with E-state index in [9.17, 15) is 39.4 Å². The molecule has 0 saturated carbocycles. The smallest absolute Gasteiger partial charge is 0.342 e. The second-order valence-electron chi connectivity index (χ2n) is 5.20. The zero-order chi connectivity index (χ0) is 23.2. The maximum atomic E-state index is 10.6. The molecule has 0 atom stereocenters. The highest BCUT2D eigenvalue weighted by atomic mass is 16.6. The normalized spacial score (nSPS) is 9.60. The van der Waals surface area contributed by atoms with Gasteiger partial charge in [0, 0.05) is 12.1 Å². The van der Waals surface area contributed by atoms with Crippen LogP contribution in [-0.4, -0.2) is 54.1 Å². The van der Waals surface area contributed by atoms with Crippen molar-refractivity contribution in [3.63, 3.8) is 0 Å². The summed E-state index contributed by atoms with van der Waals surface area (Å²) in [4.78, 5) is 61.1. The van der Waals surface area contributed by atoms with Crippen LogP contribution in [0.5, 0.6) is 0 Å². The summed E-state index contributed by atoms with van der Waals surface area (Å²) >= 11 is 0. The lowest BCUT2D eigenvalue weighted by Gasteiger charge is -1.99. The highest BCUT2D eigenvalue weighted by Gasteiger charge is 2.22. The van der Waals surface area contributed by atoms with Crippen LogP contribution in [0, 0.1) is 20.2 Å². The molecule has 0 radical (unpaired) electrons. The summed E-state index contributed by atoms with van der Waals surface area (Å²) in [6.45, 7) is 0. The first-order valence-electron chi connectivity index (χ1n) is 7.36. The molecule has 0 amide bonds. The number of hydrogen-bond acceptors (Lipinski definition) is 8. The minimum atomic E-state index is -1.47. The van der Waals surface area contributed by atoms with Crippen LogP contribution in [0.4, 0.5) is 11.4 Å². The van der Waals surface area contributed by atoms with Crippen molar-refractivity contribution >= 4 is 35.3 Å². The van der Waals surface area contributed by atoms with Crippen molar-refractivity contribution in [2.75, 3.05) is 0 Å². The number of nitrogens with zero attached hydrogens (tertiary/aromatic N) is 2. The third-order valence-corrected chi connectivity index (χ3v) is 3.34.